The largest absolute Gasteiger partial charge is 0.325 e. The van der Waals surface area contributed by atoms with Gasteiger partial charge in [-0.05, 0) is 19.8 Å². The molecule has 84 valence electrons. The van der Waals surface area contributed by atoms with E-state index in [-0.39, 0.29) is 5.54 Å². The molecule has 3 N–H and O–H groups in total. The molecule has 14 heavy (non-hydrogen) atoms. The minimum absolute atomic E-state index is 0.135. The van der Waals surface area contributed by atoms with E-state index in [1.807, 2.05) is 19.1 Å². The molecule has 0 rings (SSSR count). The third kappa shape index (κ3) is 22.5. The van der Waals surface area contributed by atoms with E-state index in [1.54, 1.807) is 0 Å². The van der Waals surface area contributed by atoms with Gasteiger partial charge in [0.1, 0.15) is 0 Å². The monoisotopic (exact) mass is 221 g/mol. The van der Waals surface area contributed by atoms with Crippen molar-refractivity contribution >= 4 is 10.1 Å². The van der Waals surface area contributed by atoms with Gasteiger partial charge in [-0.15, -0.1) is 13.2 Å². The van der Waals surface area contributed by atoms with E-state index >= 15 is 0 Å². The van der Waals surface area contributed by atoms with Crippen LogP contribution >= 0.6 is 0 Å². The van der Waals surface area contributed by atoms with Crippen molar-refractivity contribution in [3.05, 3.63) is 25.3 Å². The molecule has 0 aromatic carbocycles. The van der Waals surface area contributed by atoms with Gasteiger partial charge in [0.2, 0.25) is 0 Å². The molecule has 0 aromatic heterocycles. The van der Waals surface area contributed by atoms with Crippen molar-refractivity contribution < 1.29 is 13.0 Å². The fourth-order valence-electron chi connectivity index (χ4n) is 0.743. The second-order valence-corrected chi connectivity index (χ2v) is 4.84. The van der Waals surface area contributed by atoms with Gasteiger partial charge in [0.15, 0.2) is 0 Å². The van der Waals surface area contributed by atoms with Gasteiger partial charge in [-0.3, -0.25) is 4.55 Å². The van der Waals surface area contributed by atoms with Gasteiger partial charge >= 0.3 is 0 Å². The first kappa shape index (κ1) is 15.8. The molecule has 0 aliphatic carbocycles. The first-order valence-electron chi connectivity index (χ1n) is 4.05. The first-order valence-corrected chi connectivity index (χ1v) is 5.90. The van der Waals surface area contributed by atoms with Gasteiger partial charge in [0, 0.05) is 5.54 Å². The van der Waals surface area contributed by atoms with E-state index in [0.29, 0.717) is 6.26 Å². The summed E-state index contributed by atoms with van der Waals surface area (Å²) in [4.78, 5) is 0. The highest BCUT2D eigenvalue weighted by atomic mass is 32.2. The number of rotatable bonds is 4. The zero-order chi connectivity index (χ0) is 11.8. The molecule has 0 saturated carbocycles. The first-order chi connectivity index (χ1) is 6.12. The van der Waals surface area contributed by atoms with Gasteiger partial charge < -0.3 is 5.73 Å². The van der Waals surface area contributed by atoms with Crippen molar-refractivity contribution in [1.29, 1.82) is 0 Å². The van der Waals surface area contributed by atoms with Gasteiger partial charge in [-0.25, -0.2) is 0 Å². The summed E-state index contributed by atoms with van der Waals surface area (Å²) in [6.45, 7) is 9.22. The zero-order valence-electron chi connectivity index (χ0n) is 8.73. The molecule has 0 aliphatic heterocycles. The van der Waals surface area contributed by atoms with E-state index in [1.165, 1.54) is 0 Å². The standard InChI is InChI=1S/C8H15N.CH4O3S/c1-4-6-8(3,9)7-5-2;1-5(2,3)4/h4-5H,1-2,6-7,9H2,3H3;1H3,(H,2,3,4). The van der Waals surface area contributed by atoms with Crippen LogP contribution in [0.15, 0.2) is 25.3 Å². The summed E-state index contributed by atoms with van der Waals surface area (Å²) in [5, 5.41) is 0. The van der Waals surface area contributed by atoms with Gasteiger partial charge in [-0.1, -0.05) is 12.2 Å². The summed E-state index contributed by atoms with van der Waals surface area (Å²) in [5.41, 5.74) is 5.66. The smallest absolute Gasteiger partial charge is 0.261 e. The quantitative estimate of drug-likeness (QED) is 0.555. The molecule has 0 heterocycles. The summed E-state index contributed by atoms with van der Waals surface area (Å²) in [6, 6.07) is 0. The van der Waals surface area contributed by atoms with E-state index in [2.05, 4.69) is 13.2 Å². The van der Waals surface area contributed by atoms with Crippen LogP contribution in [0.1, 0.15) is 19.8 Å². The summed E-state index contributed by atoms with van der Waals surface area (Å²) in [6.07, 6.45) is 6.08. The molecule has 0 spiro atoms. The maximum Gasteiger partial charge on any atom is 0.261 e. The van der Waals surface area contributed by atoms with Crippen LogP contribution in [0.3, 0.4) is 0 Å². The van der Waals surface area contributed by atoms with Crippen LogP contribution < -0.4 is 5.73 Å². The van der Waals surface area contributed by atoms with Gasteiger partial charge in [-0.2, -0.15) is 8.42 Å². The molecule has 0 bridgehead atoms. The number of hydrogen-bond acceptors (Lipinski definition) is 3. The fraction of sp³-hybridized carbons (Fsp3) is 0.556. The Kier molecular flexibility index (Phi) is 7.62. The lowest BCUT2D eigenvalue weighted by Crippen LogP contribution is -2.34. The van der Waals surface area contributed by atoms with Crippen molar-refractivity contribution in [1.82, 2.24) is 0 Å². The molecule has 0 radical (unpaired) electrons. The molecule has 0 amide bonds. The third-order valence-electron chi connectivity index (χ3n) is 1.22. The average Bonchev–Trinajstić information content (AvgIpc) is 1.81. The predicted molar refractivity (Wildman–Crippen MR) is 59.7 cm³/mol. The van der Waals surface area contributed by atoms with Crippen molar-refractivity contribution in [2.45, 2.75) is 25.3 Å². The van der Waals surface area contributed by atoms with E-state index in [0.717, 1.165) is 12.8 Å². The number of hydrogen-bond donors (Lipinski definition) is 2. The zero-order valence-corrected chi connectivity index (χ0v) is 9.55. The van der Waals surface area contributed by atoms with Crippen LogP contribution in [0, 0.1) is 0 Å². The van der Waals surface area contributed by atoms with Crippen LogP contribution in [0.5, 0.6) is 0 Å². The van der Waals surface area contributed by atoms with E-state index in [9.17, 15) is 8.42 Å². The summed E-state index contributed by atoms with van der Waals surface area (Å²) < 4.78 is 25.9. The molecular weight excluding hydrogens is 202 g/mol. The van der Waals surface area contributed by atoms with Crippen molar-refractivity contribution in [2.24, 2.45) is 5.73 Å². The van der Waals surface area contributed by atoms with E-state index < -0.39 is 10.1 Å². The second kappa shape index (κ2) is 6.75. The van der Waals surface area contributed by atoms with E-state index in [4.69, 9.17) is 10.3 Å². The van der Waals surface area contributed by atoms with Crippen molar-refractivity contribution in [2.75, 3.05) is 6.26 Å². The molecule has 0 aliphatic rings. The molecule has 0 fully saturated rings. The van der Waals surface area contributed by atoms with Gasteiger partial charge in [0.25, 0.3) is 10.1 Å². The van der Waals surface area contributed by atoms with Crippen LogP contribution in [0.25, 0.3) is 0 Å². The molecule has 5 heteroatoms. The topological polar surface area (TPSA) is 80.4 Å². The Labute approximate surface area is 86.3 Å². The van der Waals surface area contributed by atoms with Gasteiger partial charge in [0.05, 0.1) is 6.26 Å². The Hall–Kier alpha value is -0.650. The lowest BCUT2D eigenvalue weighted by molar-refractivity contribution is 0.482. The molecule has 0 aromatic rings. The maximum absolute atomic E-state index is 9.19. The number of nitrogens with two attached hydrogens (primary N) is 1. The van der Waals surface area contributed by atoms with Crippen LogP contribution in [-0.2, 0) is 10.1 Å². The van der Waals surface area contributed by atoms with Crippen LogP contribution in [0.4, 0.5) is 0 Å². The predicted octanol–water partition coefficient (Wildman–Crippen LogP) is 1.36. The Balaban J connectivity index is 0. The highest BCUT2D eigenvalue weighted by molar-refractivity contribution is 7.85. The Bertz CT molecular complexity index is 248. The highest BCUT2D eigenvalue weighted by Crippen LogP contribution is 2.10. The molecule has 0 saturated heterocycles. The lowest BCUT2D eigenvalue weighted by atomic mass is 9.95. The van der Waals surface area contributed by atoms with Crippen LogP contribution in [0.2, 0.25) is 0 Å². The molecular formula is C9H19NO3S. The summed E-state index contributed by atoms with van der Waals surface area (Å²) >= 11 is 0. The normalized spacial score (nSPS) is 11.1. The Morgan fingerprint density at radius 3 is 1.71 bits per heavy atom. The highest BCUT2D eigenvalue weighted by Gasteiger charge is 2.12. The lowest BCUT2D eigenvalue weighted by Gasteiger charge is -2.20. The summed E-state index contributed by atoms with van der Waals surface area (Å²) in [7, 11) is -3.67. The molecule has 0 unspecified atom stereocenters. The molecule has 4 nitrogen and oxygen atoms in total. The Morgan fingerprint density at radius 1 is 1.36 bits per heavy atom. The summed E-state index contributed by atoms with van der Waals surface area (Å²) in [5.74, 6) is 0. The SMILES string of the molecule is C=CCC(C)(N)CC=C.CS(=O)(=O)O. The fourth-order valence-corrected chi connectivity index (χ4v) is 0.743. The minimum atomic E-state index is -3.67. The van der Waals surface area contributed by atoms with Crippen LogP contribution in [-0.4, -0.2) is 24.8 Å². The Morgan fingerprint density at radius 2 is 1.57 bits per heavy atom. The second-order valence-electron chi connectivity index (χ2n) is 3.37. The maximum atomic E-state index is 9.19. The van der Waals surface area contributed by atoms with Crippen molar-refractivity contribution in [3.8, 4) is 0 Å². The average molecular weight is 221 g/mol. The minimum Gasteiger partial charge on any atom is -0.325 e. The van der Waals surface area contributed by atoms with Crippen molar-refractivity contribution in [3.63, 3.8) is 0 Å². The third-order valence-corrected chi connectivity index (χ3v) is 1.22. The molecule has 0 atom stereocenters.